The lowest BCUT2D eigenvalue weighted by molar-refractivity contribution is -0.116. The number of carbonyl (C=O) groups is 3. The van der Waals surface area contributed by atoms with Crippen molar-refractivity contribution in [1.29, 1.82) is 0 Å². The number of nitrogens with one attached hydrogen (secondary N) is 2. The van der Waals surface area contributed by atoms with E-state index in [1.54, 1.807) is 30.3 Å². The van der Waals surface area contributed by atoms with Gasteiger partial charge in [0.15, 0.2) is 5.76 Å². The van der Waals surface area contributed by atoms with Crippen LogP contribution in [0.3, 0.4) is 0 Å². The highest BCUT2D eigenvalue weighted by molar-refractivity contribution is 6.05. The Bertz CT molecular complexity index is 1020. The molecule has 0 aliphatic rings. The zero-order valence-electron chi connectivity index (χ0n) is 16.8. The first-order valence-corrected chi connectivity index (χ1v) is 9.49. The van der Waals surface area contributed by atoms with Crippen molar-refractivity contribution < 1.29 is 18.8 Å². The molecule has 2 aromatic carbocycles. The van der Waals surface area contributed by atoms with E-state index >= 15 is 0 Å². The summed E-state index contributed by atoms with van der Waals surface area (Å²) in [6, 6.07) is 19.3. The van der Waals surface area contributed by atoms with Crippen LogP contribution in [0.4, 0.5) is 5.69 Å². The number of furan rings is 1. The average Bonchev–Trinajstić information content (AvgIpc) is 3.28. The number of anilines is 1. The molecule has 0 saturated carbocycles. The number of nitrogens with zero attached hydrogens (tertiary/aromatic N) is 1. The molecule has 30 heavy (non-hydrogen) atoms. The minimum Gasteiger partial charge on any atom is -0.459 e. The third-order valence-corrected chi connectivity index (χ3v) is 4.55. The standard InChI is InChI=1S/C23H23N3O4/c1-16(17-9-4-3-5-10-17)24-22(28)18-11-6-7-12-19(18)25-21(27)15-26(2)23(29)20-13-8-14-30-20/h3-14,16H,15H2,1-2H3,(H,24,28)(H,25,27). The first kappa shape index (κ1) is 20.9. The predicted octanol–water partition coefficient (Wildman–Crippen LogP) is 3.48. The Balaban J connectivity index is 1.65. The highest BCUT2D eigenvalue weighted by atomic mass is 16.3. The molecule has 0 spiro atoms. The summed E-state index contributed by atoms with van der Waals surface area (Å²) in [6.45, 7) is 1.71. The Kier molecular flexibility index (Phi) is 6.64. The number of likely N-dealkylation sites (N-methyl/N-ethyl adjacent to an activating group) is 1. The molecule has 2 N–H and O–H groups in total. The van der Waals surface area contributed by atoms with Gasteiger partial charge in [-0.1, -0.05) is 42.5 Å². The number of hydrogen-bond acceptors (Lipinski definition) is 4. The molecule has 3 rings (SSSR count). The maximum atomic E-state index is 12.8. The largest absolute Gasteiger partial charge is 0.459 e. The van der Waals surface area contributed by atoms with Crippen LogP contribution in [-0.2, 0) is 4.79 Å². The third-order valence-electron chi connectivity index (χ3n) is 4.55. The Labute approximate surface area is 174 Å². The molecule has 7 nitrogen and oxygen atoms in total. The van der Waals surface area contributed by atoms with E-state index in [1.807, 2.05) is 37.3 Å². The Morgan fingerprint density at radius 1 is 0.967 bits per heavy atom. The summed E-state index contributed by atoms with van der Waals surface area (Å²) >= 11 is 0. The summed E-state index contributed by atoms with van der Waals surface area (Å²) in [5, 5.41) is 5.65. The van der Waals surface area contributed by atoms with E-state index in [1.165, 1.54) is 24.3 Å². The SMILES string of the molecule is CC(NC(=O)c1ccccc1NC(=O)CN(C)C(=O)c1ccco1)c1ccccc1. The van der Waals surface area contributed by atoms with Gasteiger partial charge in [0, 0.05) is 7.05 Å². The number of carbonyl (C=O) groups excluding carboxylic acids is 3. The number of amides is 3. The van der Waals surface area contributed by atoms with Crippen molar-refractivity contribution in [1.82, 2.24) is 10.2 Å². The maximum Gasteiger partial charge on any atom is 0.289 e. The number of hydrogen-bond donors (Lipinski definition) is 2. The molecular weight excluding hydrogens is 382 g/mol. The summed E-state index contributed by atoms with van der Waals surface area (Å²) < 4.78 is 5.06. The van der Waals surface area contributed by atoms with Gasteiger partial charge in [-0.25, -0.2) is 0 Å². The predicted molar refractivity (Wildman–Crippen MR) is 113 cm³/mol. The van der Waals surface area contributed by atoms with Gasteiger partial charge < -0.3 is 20.0 Å². The molecule has 154 valence electrons. The highest BCUT2D eigenvalue weighted by Gasteiger charge is 2.19. The molecule has 0 aliphatic heterocycles. The second-order valence-corrected chi connectivity index (χ2v) is 6.84. The Hall–Kier alpha value is -3.87. The molecule has 0 bridgehead atoms. The van der Waals surface area contributed by atoms with Crippen molar-refractivity contribution in [3.05, 3.63) is 89.9 Å². The van der Waals surface area contributed by atoms with E-state index in [0.29, 0.717) is 11.3 Å². The van der Waals surface area contributed by atoms with Gasteiger partial charge in [0.2, 0.25) is 5.91 Å². The first-order chi connectivity index (χ1) is 14.5. The lowest BCUT2D eigenvalue weighted by Gasteiger charge is -2.18. The van der Waals surface area contributed by atoms with Gasteiger partial charge >= 0.3 is 0 Å². The van der Waals surface area contributed by atoms with Crippen LogP contribution in [0, 0.1) is 0 Å². The van der Waals surface area contributed by atoms with Crippen molar-refractivity contribution >= 4 is 23.4 Å². The van der Waals surface area contributed by atoms with E-state index in [-0.39, 0.29) is 24.3 Å². The van der Waals surface area contributed by atoms with Gasteiger partial charge in [0.1, 0.15) is 0 Å². The number of para-hydroxylation sites is 1. The fourth-order valence-corrected chi connectivity index (χ4v) is 2.95. The highest BCUT2D eigenvalue weighted by Crippen LogP contribution is 2.18. The smallest absolute Gasteiger partial charge is 0.289 e. The summed E-state index contributed by atoms with van der Waals surface area (Å²) in [4.78, 5) is 38.7. The molecule has 3 aromatic rings. The van der Waals surface area contributed by atoms with Crippen molar-refractivity contribution in [2.45, 2.75) is 13.0 Å². The van der Waals surface area contributed by atoms with Crippen LogP contribution < -0.4 is 10.6 Å². The van der Waals surface area contributed by atoms with Crippen LogP contribution in [0.25, 0.3) is 0 Å². The number of benzene rings is 2. The monoisotopic (exact) mass is 405 g/mol. The molecule has 0 saturated heterocycles. The van der Waals surface area contributed by atoms with Gasteiger partial charge in [-0.3, -0.25) is 14.4 Å². The Morgan fingerprint density at radius 3 is 2.37 bits per heavy atom. The summed E-state index contributed by atoms with van der Waals surface area (Å²) in [7, 11) is 1.50. The molecule has 1 heterocycles. The van der Waals surface area contributed by atoms with E-state index < -0.39 is 11.8 Å². The van der Waals surface area contributed by atoms with Gasteiger partial charge in [-0.15, -0.1) is 0 Å². The molecule has 3 amide bonds. The van der Waals surface area contributed by atoms with Gasteiger partial charge in [-0.05, 0) is 36.8 Å². The van der Waals surface area contributed by atoms with Crippen LogP contribution in [0.15, 0.2) is 77.4 Å². The van der Waals surface area contributed by atoms with E-state index in [0.717, 1.165) is 5.56 Å². The average molecular weight is 405 g/mol. The van der Waals surface area contributed by atoms with E-state index in [4.69, 9.17) is 4.42 Å². The first-order valence-electron chi connectivity index (χ1n) is 9.49. The molecule has 0 fully saturated rings. The molecule has 1 aromatic heterocycles. The van der Waals surface area contributed by atoms with Crippen LogP contribution in [0.5, 0.6) is 0 Å². The van der Waals surface area contributed by atoms with E-state index in [9.17, 15) is 14.4 Å². The molecule has 1 unspecified atom stereocenters. The molecule has 0 aliphatic carbocycles. The molecule has 1 atom stereocenters. The van der Waals surface area contributed by atoms with Gasteiger partial charge in [0.25, 0.3) is 11.8 Å². The lowest BCUT2D eigenvalue weighted by Crippen LogP contribution is -2.35. The quantitative estimate of drug-likeness (QED) is 0.630. The minimum atomic E-state index is -0.422. The molecule has 0 radical (unpaired) electrons. The second-order valence-electron chi connectivity index (χ2n) is 6.84. The zero-order chi connectivity index (χ0) is 21.5. The van der Waals surface area contributed by atoms with E-state index in [2.05, 4.69) is 10.6 Å². The second kappa shape index (κ2) is 9.56. The third kappa shape index (κ3) is 5.14. The molecular formula is C23H23N3O4. The number of rotatable bonds is 7. The van der Waals surface area contributed by atoms with Crippen LogP contribution >= 0.6 is 0 Å². The van der Waals surface area contributed by atoms with Crippen LogP contribution in [0.1, 0.15) is 39.4 Å². The van der Waals surface area contributed by atoms with Gasteiger partial charge in [-0.2, -0.15) is 0 Å². The maximum absolute atomic E-state index is 12.8. The summed E-state index contributed by atoms with van der Waals surface area (Å²) in [5.74, 6) is -0.978. The zero-order valence-corrected chi connectivity index (χ0v) is 16.8. The fourth-order valence-electron chi connectivity index (χ4n) is 2.95. The summed E-state index contributed by atoms with van der Waals surface area (Å²) in [5.41, 5.74) is 1.69. The topological polar surface area (TPSA) is 91.7 Å². The minimum absolute atomic E-state index is 0.153. The van der Waals surface area contributed by atoms with Crippen molar-refractivity contribution in [3.63, 3.8) is 0 Å². The molecule has 7 heteroatoms. The van der Waals surface area contributed by atoms with Crippen LogP contribution in [0.2, 0.25) is 0 Å². The van der Waals surface area contributed by atoms with Gasteiger partial charge in [0.05, 0.1) is 30.1 Å². The Morgan fingerprint density at radius 2 is 1.67 bits per heavy atom. The normalized spacial score (nSPS) is 11.4. The van der Waals surface area contributed by atoms with Crippen molar-refractivity contribution in [2.75, 3.05) is 18.9 Å². The fraction of sp³-hybridized carbons (Fsp3) is 0.174. The summed E-state index contributed by atoms with van der Waals surface area (Å²) in [6.07, 6.45) is 1.40. The van der Waals surface area contributed by atoms with Crippen LogP contribution in [-0.4, -0.2) is 36.2 Å². The van der Waals surface area contributed by atoms with Crippen molar-refractivity contribution in [3.8, 4) is 0 Å². The van der Waals surface area contributed by atoms with Crippen molar-refractivity contribution in [2.24, 2.45) is 0 Å². The lowest BCUT2D eigenvalue weighted by atomic mass is 10.1.